The zero-order valence-electron chi connectivity index (χ0n) is 18.6. The zero-order valence-corrected chi connectivity index (χ0v) is 18.6. The number of anilines is 1. The summed E-state index contributed by atoms with van der Waals surface area (Å²) in [4.78, 5) is 25.5. The van der Waals surface area contributed by atoms with Gasteiger partial charge in [-0.2, -0.15) is 0 Å². The fourth-order valence-electron chi connectivity index (χ4n) is 3.60. The second kappa shape index (κ2) is 9.20. The van der Waals surface area contributed by atoms with E-state index in [1.54, 1.807) is 24.5 Å². The second-order valence-corrected chi connectivity index (χ2v) is 8.18. The Morgan fingerprint density at radius 1 is 1.16 bits per heavy atom. The van der Waals surface area contributed by atoms with Crippen molar-refractivity contribution in [1.82, 2.24) is 19.8 Å². The van der Waals surface area contributed by atoms with E-state index in [9.17, 15) is 4.79 Å². The van der Waals surface area contributed by atoms with Crippen LogP contribution in [0.5, 0.6) is 5.88 Å². The van der Waals surface area contributed by atoms with Crippen LogP contribution in [-0.2, 0) is 0 Å². The van der Waals surface area contributed by atoms with Gasteiger partial charge in [-0.3, -0.25) is 9.69 Å². The summed E-state index contributed by atoms with van der Waals surface area (Å²) in [5.74, 6) is 0.679. The number of hydrogen-bond donors (Lipinski definition) is 1. The van der Waals surface area contributed by atoms with Crippen LogP contribution in [0.3, 0.4) is 0 Å². The largest absolute Gasteiger partial charge is 0.472 e. The second-order valence-electron chi connectivity index (χ2n) is 8.18. The fraction of sp³-hybridized carbons (Fsp3) is 0.240. The maximum absolute atomic E-state index is 12.8. The maximum atomic E-state index is 12.8. The number of carbonyl (C=O) groups is 1. The molecule has 1 saturated heterocycles. The van der Waals surface area contributed by atoms with Gasteiger partial charge in [0.25, 0.3) is 5.91 Å². The van der Waals surface area contributed by atoms with E-state index in [1.165, 1.54) is 0 Å². The lowest BCUT2D eigenvalue weighted by molar-refractivity contribution is 0.0355. The molecule has 164 valence electrons. The topological polar surface area (TPSA) is 70.6 Å². The number of nitrogens with one attached hydrogen (secondary N) is 1. The molecule has 1 fully saturated rings. The van der Waals surface area contributed by atoms with Crippen molar-refractivity contribution in [3.63, 3.8) is 0 Å². The Bertz CT molecular complexity index is 1180. The Hall–Kier alpha value is -3.71. The number of hydrogen-bond acceptors (Lipinski definition) is 6. The molecule has 0 radical (unpaired) electrons. The van der Waals surface area contributed by atoms with Crippen LogP contribution < -0.4 is 10.1 Å². The molecule has 7 nitrogen and oxygen atoms in total. The third kappa shape index (κ3) is 4.95. The number of carbonyl (C=O) groups excluding carboxylic acids is 1. The molecule has 7 heteroatoms. The van der Waals surface area contributed by atoms with Gasteiger partial charge in [0.1, 0.15) is 11.9 Å². The molecule has 2 aromatic heterocycles. The zero-order chi connectivity index (χ0) is 22.7. The Morgan fingerprint density at radius 2 is 1.97 bits per heavy atom. The molecule has 0 aliphatic carbocycles. The molecule has 3 aromatic rings. The number of rotatable bonds is 7. The summed E-state index contributed by atoms with van der Waals surface area (Å²) in [6, 6.07) is 11.3. The van der Waals surface area contributed by atoms with Gasteiger partial charge in [-0.25, -0.2) is 9.97 Å². The minimum Gasteiger partial charge on any atom is -0.472 e. The van der Waals surface area contributed by atoms with Gasteiger partial charge in [-0.05, 0) is 41.8 Å². The predicted molar refractivity (Wildman–Crippen MR) is 128 cm³/mol. The lowest BCUT2D eigenvalue weighted by Crippen LogP contribution is -2.51. The van der Waals surface area contributed by atoms with Crippen LogP contribution in [0.4, 0.5) is 5.82 Å². The van der Waals surface area contributed by atoms with Crippen LogP contribution in [0.1, 0.15) is 15.9 Å². The van der Waals surface area contributed by atoms with E-state index in [-0.39, 0.29) is 12.0 Å². The van der Waals surface area contributed by atoms with E-state index in [1.807, 2.05) is 56.5 Å². The molecule has 4 rings (SSSR count). The molecule has 32 heavy (non-hydrogen) atoms. The van der Waals surface area contributed by atoms with Crippen molar-refractivity contribution in [2.45, 2.75) is 6.10 Å². The minimum absolute atomic E-state index is 0.115. The fourth-order valence-corrected chi connectivity index (χ4v) is 3.60. The number of amides is 1. The van der Waals surface area contributed by atoms with Gasteiger partial charge in [0.15, 0.2) is 0 Å². The summed E-state index contributed by atoms with van der Waals surface area (Å²) < 4.78 is 5.83. The van der Waals surface area contributed by atoms with Crippen molar-refractivity contribution in [2.24, 2.45) is 0 Å². The number of likely N-dealkylation sites (N-methyl/N-ethyl adjacent to an activating group) is 1. The molecule has 0 atom stereocenters. The summed E-state index contributed by atoms with van der Waals surface area (Å²) in [6.07, 6.45) is 7.30. The summed E-state index contributed by atoms with van der Waals surface area (Å²) in [5.41, 5.74) is 2.53. The first-order chi connectivity index (χ1) is 15.4. The summed E-state index contributed by atoms with van der Waals surface area (Å²) in [5, 5.41) is 4.85. The highest BCUT2D eigenvalue weighted by Crippen LogP contribution is 2.24. The summed E-state index contributed by atoms with van der Waals surface area (Å²) in [7, 11) is 5.98. The Balaban J connectivity index is 1.52. The van der Waals surface area contributed by atoms with Crippen molar-refractivity contribution >= 4 is 28.1 Å². The average Bonchev–Trinajstić information content (AvgIpc) is 2.76. The van der Waals surface area contributed by atoms with Crippen molar-refractivity contribution < 1.29 is 9.53 Å². The van der Waals surface area contributed by atoms with Crippen molar-refractivity contribution in [3.8, 4) is 5.88 Å². The molecular formula is C25H27N5O2. The van der Waals surface area contributed by atoms with Crippen molar-refractivity contribution in [1.29, 1.82) is 0 Å². The van der Waals surface area contributed by atoms with E-state index in [4.69, 9.17) is 4.74 Å². The lowest BCUT2D eigenvalue weighted by atomic mass is 10.0. The predicted octanol–water partition coefficient (Wildman–Crippen LogP) is 3.66. The van der Waals surface area contributed by atoms with Crippen molar-refractivity contribution in [2.75, 3.05) is 39.5 Å². The average molecular weight is 430 g/mol. The molecule has 3 heterocycles. The third-order valence-electron chi connectivity index (χ3n) is 5.23. The van der Waals surface area contributed by atoms with E-state index >= 15 is 0 Å². The first-order valence-electron chi connectivity index (χ1n) is 10.4. The van der Waals surface area contributed by atoms with Crippen LogP contribution in [0.2, 0.25) is 0 Å². The Labute approximate surface area is 188 Å². The quantitative estimate of drug-likeness (QED) is 0.578. The Kier molecular flexibility index (Phi) is 6.18. The number of benzene rings is 1. The van der Waals surface area contributed by atoms with Gasteiger partial charge in [0.05, 0.1) is 0 Å². The number of pyridine rings is 2. The molecule has 1 aliphatic rings. The number of aromatic nitrogens is 2. The highest BCUT2D eigenvalue weighted by molar-refractivity contribution is 6.04. The number of fused-ring (bicyclic) bond motifs is 1. The standard InChI is InChI=1S/C25H27N5O2/c1-5-17(14-29(2)3)18-6-7-20-13-27-23(11-21(20)10-18)28-25(31)19-8-9-26-24(12-19)32-22-15-30(4)16-22/h5-14,22H,1,15-16H2,2-4H3,(H,27,28,31)/b17-14+. The summed E-state index contributed by atoms with van der Waals surface area (Å²) in [6.45, 7) is 5.64. The first-order valence-corrected chi connectivity index (χ1v) is 10.4. The summed E-state index contributed by atoms with van der Waals surface area (Å²) >= 11 is 0. The highest BCUT2D eigenvalue weighted by atomic mass is 16.5. The first kappa shape index (κ1) is 21.5. The molecule has 0 unspecified atom stereocenters. The molecule has 1 aromatic carbocycles. The van der Waals surface area contributed by atoms with Crippen LogP contribution in [-0.4, -0.2) is 66.0 Å². The Morgan fingerprint density at radius 3 is 2.69 bits per heavy atom. The van der Waals surface area contributed by atoms with Crippen LogP contribution in [0.15, 0.2) is 67.6 Å². The van der Waals surface area contributed by atoms with Crippen LogP contribution in [0.25, 0.3) is 16.3 Å². The molecule has 0 saturated carbocycles. The number of nitrogens with zero attached hydrogens (tertiary/aromatic N) is 4. The smallest absolute Gasteiger partial charge is 0.257 e. The number of allylic oxidation sites excluding steroid dienone is 2. The minimum atomic E-state index is -0.259. The SMILES string of the molecule is C=C/C(=C\N(C)C)c1ccc2cnc(NC(=O)c3ccnc(OC4CN(C)C4)c3)cc2c1. The van der Waals surface area contributed by atoms with Gasteiger partial charge in [-0.15, -0.1) is 0 Å². The maximum Gasteiger partial charge on any atom is 0.257 e. The molecule has 1 N–H and O–H groups in total. The highest BCUT2D eigenvalue weighted by Gasteiger charge is 2.25. The molecule has 1 aliphatic heterocycles. The van der Waals surface area contributed by atoms with Gasteiger partial charge >= 0.3 is 0 Å². The molecule has 0 spiro atoms. The van der Waals surface area contributed by atoms with Gasteiger partial charge in [0, 0.05) is 62.8 Å². The normalized spacial score (nSPS) is 14.7. The van der Waals surface area contributed by atoms with Crippen LogP contribution in [0, 0.1) is 0 Å². The monoisotopic (exact) mass is 429 g/mol. The van der Waals surface area contributed by atoms with E-state index in [2.05, 4.69) is 32.8 Å². The van der Waals surface area contributed by atoms with E-state index < -0.39 is 0 Å². The van der Waals surface area contributed by atoms with E-state index in [0.29, 0.717) is 17.3 Å². The van der Waals surface area contributed by atoms with Crippen LogP contribution >= 0.6 is 0 Å². The van der Waals surface area contributed by atoms with Gasteiger partial charge in [-0.1, -0.05) is 24.8 Å². The van der Waals surface area contributed by atoms with E-state index in [0.717, 1.165) is 35.0 Å². The van der Waals surface area contributed by atoms with Crippen molar-refractivity contribution in [3.05, 3.63) is 78.8 Å². The molecule has 1 amide bonds. The number of likely N-dealkylation sites (tertiary alicyclic amines) is 1. The third-order valence-corrected chi connectivity index (χ3v) is 5.23. The van der Waals surface area contributed by atoms with Gasteiger partial charge < -0.3 is 15.0 Å². The lowest BCUT2D eigenvalue weighted by Gasteiger charge is -2.35. The molecular weight excluding hydrogens is 402 g/mol. The number of ether oxygens (including phenoxy) is 1. The molecule has 0 bridgehead atoms. The van der Waals surface area contributed by atoms with Gasteiger partial charge in [0.2, 0.25) is 5.88 Å².